The van der Waals surface area contributed by atoms with E-state index in [1.807, 2.05) is 0 Å². The molecule has 0 bridgehead atoms. The summed E-state index contributed by atoms with van der Waals surface area (Å²) in [6.07, 6.45) is 0. The van der Waals surface area contributed by atoms with Gasteiger partial charge >= 0.3 is 0 Å². The summed E-state index contributed by atoms with van der Waals surface area (Å²) < 4.78 is 18.6. The fourth-order valence-corrected chi connectivity index (χ4v) is 1.87. The standard InChI is InChI=1S/C11H11ClFNO2/c12-8-2-1-3-9(13)10(8)11(15)14-4-6-16-7-5-14/h1-3H,4-7H2. The van der Waals surface area contributed by atoms with E-state index in [2.05, 4.69) is 0 Å². The molecule has 1 saturated heterocycles. The van der Waals surface area contributed by atoms with Crippen LogP contribution in [0.4, 0.5) is 4.39 Å². The lowest BCUT2D eigenvalue weighted by molar-refractivity contribution is 0.0300. The summed E-state index contributed by atoms with van der Waals surface area (Å²) >= 11 is 5.82. The van der Waals surface area contributed by atoms with Crippen molar-refractivity contribution in [1.82, 2.24) is 4.90 Å². The van der Waals surface area contributed by atoms with Crippen LogP contribution in [0.3, 0.4) is 0 Å². The fraction of sp³-hybridized carbons (Fsp3) is 0.364. The van der Waals surface area contributed by atoms with Gasteiger partial charge in [-0.05, 0) is 12.1 Å². The Kier molecular flexibility index (Phi) is 3.41. The minimum absolute atomic E-state index is 0.0499. The lowest BCUT2D eigenvalue weighted by Gasteiger charge is -2.27. The molecule has 0 aliphatic carbocycles. The molecule has 1 amide bonds. The number of carbonyl (C=O) groups is 1. The number of amides is 1. The second-order valence-corrected chi connectivity index (χ2v) is 3.91. The molecule has 16 heavy (non-hydrogen) atoms. The molecule has 0 saturated carbocycles. The predicted octanol–water partition coefficient (Wildman–Crippen LogP) is 1.95. The average molecular weight is 244 g/mol. The summed E-state index contributed by atoms with van der Waals surface area (Å²) in [6.45, 7) is 1.92. The van der Waals surface area contributed by atoms with Crippen LogP contribution in [-0.4, -0.2) is 37.1 Å². The van der Waals surface area contributed by atoms with Crippen molar-refractivity contribution in [3.63, 3.8) is 0 Å². The van der Waals surface area contributed by atoms with Gasteiger partial charge in [-0.1, -0.05) is 17.7 Å². The number of morpholine rings is 1. The van der Waals surface area contributed by atoms with Crippen LogP contribution in [0.2, 0.25) is 5.02 Å². The number of hydrogen-bond acceptors (Lipinski definition) is 2. The Bertz CT molecular complexity index is 385. The maximum absolute atomic E-state index is 13.5. The summed E-state index contributed by atoms with van der Waals surface area (Å²) in [6, 6.07) is 4.23. The van der Waals surface area contributed by atoms with Crippen molar-refractivity contribution >= 4 is 17.5 Å². The van der Waals surface area contributed by atoms with E-state index in [4.69, 9.17) is 16.3 Å². The SMILES string of the molecule is O=C(c1c(F)cccc1Cl)N1CCOCC1. The van der Waals surface area contributed by atoms with Gasteiger partial charge in [-0.2, -0.15) is 0 Å². The summed E-state index contributed by atoms with van der Waals surface area (Å²) in [5.74, 6) is -0.949. The highest BCUT2D eigenvalue weighted by atomic mass is 35.5. The Balaban J connectivity index is 2.26. The van der Waals surface area contributed by atoms with Crippen LogP contribution in [-0.2, 0) is 4.74 Å². The van der Waals surface area contributed by atoms with E-state index in [1.165, 1.54) is 18.2 Å². The van der Waals surface area contributed by atoms with E-state index in [0.717, 1.165) is 0 Å². The molecule has 5 heteroatoms. The Morgan fingerprint density at radius 1 is 1.38 bits per heavy atom. The highest BCUT2D eigenvalue weighted by Crippen LogP contribution is 2.21. The topological polar surface area (TPSA) is 29.5 Å². The molecule has 0 unspecified atom stereocenters. The predicted molar refractivity (Wildman–Crippen MR) is 58.1 cm³/mol. The van der Waals surface area contributed by atoms with Gasteiger partial charge in [-0.15, -0.1) is 0 Å². The van der Waals surface area contributed by atoms with Crippen LogP contribution < -0.4 is 0 Å². The van der Waals surface area contributed by atoms with Gasteiger partial charge in [0, 0.05) is 13.1 Å². The first kappa shape index (κ1) is 11.4. The van der Waals surface area contributed by atoms with Gasteiger partial charge in [0.15, 0.2) is 0 Å². The van der Waals surface area contributed by atoms with E-state index in [0.29, 0.717) is 26.3 Å². The summed E-state index contributed by atoms with van der Waals surface area (Å²) in [5, 5.41) is 0.150. The van der Waals surface area contributed by atoms with E-state index in [-0.39, 0.29) is 16.5 Å². The summed E-state index contributed by atoms with van der Waals surface area (Å²) in [7, 11) is 0. The van der Waals surface area contributed by atoms with Crippen LogP contribution in [0, 0.1) is 5.82 Å². The third kappa shape index (κ3) is 2.18. The molecule has 1 aliphatic heterocycles. The smallest absolute Gasteiger partial charge is 0.258 e. The molecule has 0 aromatic heterocycles. The van der Waals surface area contributed by atoms with Crippen LogP contribution in [0.15, 0.2) is 18.2 Å². The molecule has 3 nitrogen and oxygen atoms in total. The zero-order valence-electron chi connectivity index (χ0n) is 8.58. The second kappa shape index (κ2) is 4.80. The van der Waals surface area contributed by atoms with Gasteiger partial charge in [0.1, 0.15) is 5.82 Å². The van der Waals surface area contributed by atoms with Crippen LogP contribution in [0.5, 0.6) is 0 Å². The number of halogens is 2. The van der Waals surface area contributed by atoms with E-state index in [1.54, 1.807) is 4.90 Å². The molecule has 0 radical (unpaired) electrons. The molecular formula is C11H11ClFNO2. The summed E-state index contributed by atoms with van der Waals surface area (Å²) in [5.41, 5.74) is -0.0499. The van der Waals surface area contributed by atoms with Gasteiger partial charge < -0.3 is 9.64 Å². The quantitative estimate of drug-likeness (QED) is 0.755. The summed E-state index contributed by atoms with van der Waals surface area (Å²) in [4.78, 5) is 13.5. The molecule has 0 atom stereocenters. The third-order valence-corrected chi connectivity index (χ3v) is 2.79. The average Bonchev–Trinajstić information content (AvgIpc) is 2.30. The molecule has 1 aliphatic rings. The molecule has 86 valence electrons. The minimum atomic E-state index is -0.580. The molecule has 1 aromatic carbocycles. The monoisotopic (exact) mass is 243 g/mol. The van der Waals surface area contributed by atoms with Crippen molar-refractivity contribution in [3.05, 3.63) is 34.6 Å². The first-order chi connectivity index (χ1) is 7.70. The van der Waals surface area contributed by atoms with E-state index >= 15 is 0 Å². The number of hydrogen-bond donors (Lipinski definition) is 0. The zero-order chi connectivity index (χ0) is 11.5. The van der Waals surface area contributed by atoms with Gasteiger partial charge in [-0.3, -0.25) is 4.79 Å². The van der Waals surface area contributed by atoms with E-state index < -0.39 is 5.82 Å². The Morgan fingerprint density at radius 3 is 2.69 bits per heavy atom. The second-order valence-electron chi connectivity index (χ2n) is 3.50. The molecule has 0 N–H and O–H groups in total. The zero-order valence-corrected chi connectivity index (χ0v) is 9.34. The Morgan fingerprint density at radius 2 is 2.06 bits per heavy atom. The molecule has 2 rings (SSSR count). The van der Waals surface area contributed by atoms with Crippen LogP contribution in [0.1, 0.15) is 10.4 Å². The highest BCUT2D eigenvalue weighted by Gasteiger charge is 2.23. The number of benzene rings is 1. The largest absolute Gasteiger partial charge is 0.378 e. The lowest BCUT2D eigenvalue weighted by Crippen LogP contribution is -2.41. The van der Waals surface area contributed by atoms with Gasteiger partial charge in [-0.25, -0.2) is 4.39 Å². The molecular weight excluding hydrogens is 233 g/mol. The van der Waals surface area contributed by atoms with Crippen molar-refractivity contribution in [2.24, 2.45) is 0 Å². The van der Waals surface area contributed by atoms with Gasteiger partial charge in [0.25, 0.3) is 5.91 Å². The number of nitrogens with zero attached hydrogens (tertiary/aromatic N) is 1. The minimum Gasteiger partial charge on any atom is -0.378 e. The van der Waals surface area contributed by atoms with Crippen molar-refractivity contribution in [1.29, 1.82) is 0 Å². The molecule has 1 heterocycles. The Hall–Kier alpha value is -1.13. The highest BCUT2D eigenvalue weighted by molar-refractivity contribution is 6.33. The van der Waals surface area contributed by atoms with E-state index in [9.17, 15) is 9.18 Å². The number of ether oxygens (including phenoxy) is 1. The molecule has 1 aromatic rings. The van der Waals surface area contributed by atoms with Crippen molar-refractivity contribution in [2.75, 3.05) is 26.3 Å². The fourth-order valence-electron chi connectivity index (χ4n) is 1.63. The maximum atomic E-state index is 13.5. The van der Waals surface area contributed by atoms with Gasteiger partial charge in [0.2, 0.25) is 0 Å². The van der Waals surface area contributed by atoms with Crippen molar-refractivity contribution in [3.8, 4) is 0 Å². The molecule has 1 fully saturated rings. The van der Waals surface area contributed by atoms with Crippen LogP contribution in [0.25, 0.3) is 0 Å². The third-order valence-electron chi connectivity index (χ3n) is 2.47. The van der Waals surface area contributed by atoms with Crippen molar-refractivity contribution in [2.45, 2.75) is 0 Å². The Labute approximate surface area is 97.8 Å². The van der Waals surface area contributed by atoms with Crippen LogP contribution >= 0.6 is 11.6 Å². The molecule has 0 spiro atoms. The first-order valence-corrected chi connectivity index (χ1v) is 5.39. The number of rotatable bonds is 1. The normalized spacial score (nSPS) is 16.2. The maximum Gasteiger partial charge on any atom is 0.258 e. The van der Waals surface area contributed by atoms with Crippen molar-refractivity contribution < 1.29 is 13.9 Å². The lowest BCUT2D eigenvalue weighted by atomic mass is 10.1. The van der Waals surface area contributed by atoms with Gasteiger partial charge in [0.05, 0.1) is 23.8 Å². The number of carbonyl (C=O) groups excluding carboxylic acids is 1. The first-order valence-electron chi connectivity index (χ1n) is 5.01.